The molecule has 2 nitrogen and oxygen atoms in total. The molecule has 1 aliphatic heterocycles. The van der Waals surface area contributed by atoms with Crippen LogP contribution < -0.4 is 10.5 Å². The summed E-state index contributed by atoms with van der Waals surface area (Å²) in [6.07, 6.45) is 2.23. The average molecular weight is 163 g/mol. The molecule has 2 rings (SSSR count). The van der Waals surface area contributed by atoms with Crippen LogP contribution >= 0.6 is 0 Å². The van der Waals surface area contributed by atoms with Crippen LogP contribution in [0.1, 0.15) is 17.5 Å². The highest BCUT2D eigenvalue weighted by molar-refractivity contribution is 5.41. The van der Waals surface area contributed by atoms with Crippen molar-refractivity contribution >= 4 is 0 Å². The first-order valence-electron chi connectivity index (χ1n) is 4.35. The van der Waals surface area contributed by atoms with Crippen molar-refractivity contribution < 1.29 is 4.74 Å². The lowest BCUT2D eigenvalue weighted by Crippen LogP contribution is -2.12. The summed E-state index contributed by atoms with van der Waals surface area (Å²) in [5.74, 6) is 1.03. The normalized spacial score (nSPS) is 15.1. The van der Waals surface area contributed by atoms with E-state index >= 15 is 0 Å². The zero-order valence-electron chi connectivity index (χ0n) is 7.05. The molecule has 1 heterocycles. The van der Waals surface area contributed by atoms with Crippen molar-refractivity contribution in [3.05, 3.63) is 29.3 Å². The second-order valence-electron chi connectivity index (χ2n) is 3.05. The van der Waals surface area contributed by atoms with Gasteiger partial charge in [0.25, 0.3) is 0 Å². The van der Waals surface area contributed by atoms with Crippen LogP contribution in [0.25, 0.3) is 0 Å². The van der Waals surface area contributed by atoms with E-state index in [4.69, 9.17) is 10.5 Å². The molecule has 64 valence electrons. The molecule has 0 amide bonds. The van der Waals surface area contributed by atoms with E-state index in [1.807, 2.05) is 12.1 Å². The van der Waals surface area contributed by atoms with Crippen LogP contribution in [-0.4, -0.2) is 6.61 Å². The van der Waals surface area contributed by atoms with Crippen molar-refractivity contribution in [1.82, 2.24) is 0 Å². The minimum absolute atomic E-state index is 0.618. The molecule has 1 aliphatic rings. The maximum Gasteiger partial charge on any atom is 0.122 e. The molecule has 0 spiro atoms. The first kappa shape index (κ1) is 7.62. The number of rotatable bonds is 1. The Bertz CT molecular complexity index is 269. The molecular weight excluding hydrogens is 150 g/mol. The number of fused-ring (bicyclic) bond motifs is 1. The highest BCUT2D eigenvalue weighted by atomic mass is 16.5. The van der Waals surface area contributed by atoms with Crippen LogP contribution in [-0.2, 0) is 13.0 Å². The molecule has 0 bridgehead atoms. The fourth-order valence-electron chi connectivity index (χ4n) is 1.65. The summed E-state index contributed by atoms with van der Waals surface area (Å²) < 4.78 is 5.51. The smallest absolute Gasteiger partial charge is 0.122 e. The molecule has 0 atom stereocenters. The highest BCUT2D eigenvalue weighted by Crippen LogP contribution is 2.27. The molecule has 0 aliphatic carbocycles. The predicted octanol–water partition coefficient (Wildman–Crippen LogP) is 1.47. The number of hydrogen-bond acceptors (Lipinski definition) is 2. The number of nitrogens with two attached hydrogens (primary N) is 1. The van der Waals surface area contributed by atoms with Gasteiger partial charge in [0.05, 0.1) is 6.61 Å². The van der Waals surface area contributed by atoms with E-state index < -0.39 is 0 Å². The van der Waals surface area contributed by atoms with Gasteiger partial charge in [0.1, 0.15) is 5.75 Å². The van der Waals surface area contributed by atoms with E-state index in [1.165, 1.54) is 11.1 Å². The van der Waals surface area contributed by atoms with Crippen LogP contribution in [0, 0.1) is 0 Å². The van der Waals surface area contributed by atoms with Crippen LogP contribution in [0.4, 0.5) is 0 Å². The molecule has 1 aromatic carbocycles. The third-order valence-electron chi connectivity index (χ3n) is 2.28. The molecule has 0 aromatic heterocycles. The van der Waals surface area contributed by atoms with Crippen LogP contribution in [0.15, 0.2) is 18.2 Å². The lowest BCUT2D eigenvalue weighted by Gasteiger charge is -2.19. The largest absolute Gasteiger partial charge is 0.493 e. The van der Waals surface area contributed by atoms with Gasteiger partial charge < -0.3 is 10.5 Å². The molecule has 2 N–H and O–H groups in total. The Morgan fingerprint density at radius 1 is 1.42 bits per heavy atom. The van der Waals surface area contributed by atoms with Gasteiger partial charge in [-0.15, -0.1) is 0 Å². The SMILES string of the molecule is NCc1cccc2c1CCCO2. The Kier molecular flexibility index (Phi) is 2.00. The first-order chi connectivity index (χ1) is 5.92. The fourth-order valence-corrected chi connectivity index (χ4v) is 1.65. The lowest BCUT2D eigenvalue weighted by atomic mass is 10.0. The van der Waals surface area contributed by atoms with Crippen molar-refractivity contribution in [2.24, 2.45) is 5.73 Å². The lowest BCUT2D eigenvalue weighted by molar-refractivity contribution is 0.287. The highest BCUT2D eigenvalue weighted by Gasteiger charge is 2.12. The molecular formula is C10H13NO. The van der Waals surface area contributed by atoms with E-state index in [9.17, 15) is 0 Å². The number of ether oxygens (including phenoxy) is 1. The Morgan fingerprint density at radius 2 is 2.33 bits per heavy atom. The average Bonchev–Trinajstić information content (AvgIpc) is 2.17. The van der Waals surface area contributed by atoms with Gasteiger partial charge in [-0.25, -0.2) is 0 Å². The van der Waals surface area contributed by atoms with E-state index in [-0.39, 0.29) is 0 Å². The summed E-state index contributed by atoms with van der Waals surface area (Å²) in [7, 11) is 0. The Labute approximate surface area is 72.3 Å². The van der Waals surface area contributed by atoms with E-state index in [0.717, 1.165) is 25.2 Å². The Morgan fingerprint density at radius 3 is 3.17 bits per heavy atom. The van der Waals surface area contributed by atoms with Gasteiger partial charge in [0, 0.05) is 6.54 Å². The number of benzene rings is 1. The van der Waals surface area contributed by atoms with Crippen molar-refractivity contribution in [3.8, 4) is 5.75 Å². The van der Waals surface area contributed by atoms with Gasteiger partial charge in [-0.1, -0.05) is 12.1 Å². The zero-order valence-corrected chi connectivity index (χ0v) is 7.05. The summed E-state index contributed by atoms with van der Waals surface area (Å²) in [6, 6.07) is 6.10. The van der Waals surface area contributed by atoms with E-state index in [0.29, 0.717) is 6.54 Å². The maximum absolute atomic E-state index is 5.62. The van der Waals surface area contributed by atoms with Crippen LogP contribution in [0.5, 0.6) is 5.75 Å². The standard InChI is InChI=1S/C10H13NO/c11-7-8-3-1-5-10-9(8)4-2-6-12-10/h1,3,5H,2,4,6-7,11H2. The topological polar surface area (TPSA) is 35.2 Å². The van der Waals surface area contributed by atoms with Gasteiger partial charge in [-0.05, 0) is 30.0 Å². The second-order valence-corrected chi connectivity index (χ2v) is 3.05. The van der Waals surface area contributed by atoms with E-state index in [2.05, 4.69) is 6.07 Å². The van der Waals surface area contributed by atoms with Gasteiger partial charge in [-0.3, -0.25) is 0 Å². The second kappa shape index (κ2) is 3.15. The molecule has 0 fully saturated rings. The van der Waals surface area contributed by atoms with Crippen molar-refractivity contribution in [2.45, 2.75) is 19.4 Å². The molecule has 0 unspecified atom stereocenters. The first-order valence-corrected chi connectivity index (χ1v) is 4.35. The van der Waals surface area contributed by atoms with Gasteiger partial charge in [0.15, 0.2) is 0 Å². The molecule has 0 saturated carbocycles. The quantitative estimate of drug-likeness (QED) is 0.680. The minimum Gasteiger partial charge on any atom is -0.493 e. The Hall–Kier alpha value is -1.02. The third-order valence-corrected chi connectivity index (χ3v) is 2.28. The zero-order chi connectivity index (χ0) is 8.39. The monoisotopic (exact) mass is 163 g/mol. The summed E-state index contributed by atoms with van der Waals surface area (Å²) in [5, 5.41) is 0. The van der Waals surface area contributed by atoms with Crippen LogP contribution in [0.2, 0.25) is 0 Å². The predicted molar refractivity (Wildman–Crippen MR) is 48.1 cm³/mol. The minimum atomic E-state index is 0.618. The molecule has 0 saturated heterocycles. The van der Waals surface area contributed by atoms with Gasteiger partial charge >= 0.3 is 0 Å². The maximum atomic E-state index is 5.62. The van der Waals surface area contributed by atoms with Crippen molar-refractivity contribution in [2.75, 3.05) is 6.61 Å². The Balaban J connectivity index is 2.44. The van der Waals surface area contributed by atoms with E-state index in [1.54, 1.807) is 0 Å². The summed E-state index contributed by atoms with van der Waals surface area (Å²) in [5.41, 5.74) is 8.16. The van der Waals surface area contributed by atoms with Gasteiger partial charge in [-0.2, -0.15) is 0 Å². The van der Waals surface area contributed by atoms with Crippen molar-refractivity contribution in [1.29, 1.82) is 0 Å². The third kappa shape index (κ3) is 1.18. The summed E-state index contributed by atoms with van der Waals surface area (Å²) >= 11 is 0. The molecule has 12 heavy (non-hydrogen) atoms. The summed E-state index contributed by atoms with van der Waals surface area (Å²) in [4.78, 5) is 0. The van der Waals surface area contributed by atoms with Crippen molar-refractivity contribution in [3.63, 3.8) is 0 Å². The van der Waals surface area contributed by atoms with Crippen LogP contribution in [0.3, 0.4) is 0 Å². The molecule has 2 heteroatoms. The van der Waals surface area contributed by atoms with Gasteiger partial charge in [0.2, 0.25) is 0 Å². The molecule has 0 radical (unpaired) electrons. The molecule has 1 aromatic rings. The summed E-state index contributed by atoms with van der Waals surface area (Å²) in [6.45, 7) is 1.47. The fraction of sp³-hybridized carbons (Fsp3) is 0.400. The number of hydrogen-bond donors (Lipinski definition) is 1.